The van der Waals surface area contributed by atoms with Gasteiger partial charge in [0.1, 0.15) is 5.75 Å². The number of hydrogen-bond acceptors (Lipinski definition) is 5. The standard InChI is InChI=1S/C30H38BrN3O4/c1-30(2,29(36)32-15-17-37-18-16-32)38-27-7-3-6-26(19-27)33-14-4-5-23(21-33)28(35)34(25-12-13-25)20-22-8-10-24(31)11-9-22/h3,6-11,19,23,25H,4-5,12-18,20-21H2,1-2H3/t23-/m1/s1. The highest BCUT2D eigenvalue weighted by Gasteiger charge is 2.38. The summed E-state index contributed by atoms with van der Waals surface area (Å²) in [6.45, 7) is 8.23. The number of piperidine rings is 1. The van der Waals surface area contributed by atoms with Gasteiger partial charge in [-0.05, 0) is 69.4 Å². The van der Waals surface area contributed by atoms with Crippen molar-refractivity contribution in [3.05, 3.63) is 58.6 Å². The van der Waals surface area contributed by atoms with Crippen LogP contribution < -0.4 is 9.64 Å². The summed E-state index contributed by atoms with van der Waals surface area (Å²) in [4.78, 5) is 33.0. The van der Waals surface area contributed by atoms with Gasteiger partial charge in [0.2, 0.25) is 5.91 Å². The molecule has 7 nitrogen and oxygen atoms in total. The van der Waals surface area contributed by atoms with E-state index >= 15 is 0 Å². The number of morpholine rings is 1. The molecule has 5 rings (SSSR count). The Labute approximate surface area is 234 Å². The zero-order chi connectivity index (χ0) is 26.7. The number of rotatable bonds is 8. The van der Waals surface area contributed by atoms with E-state index in [4.69, 9.17) is 9.47 Å². The number of hydrogen-bond donors (Lipinski definition) is 0. The van der Waals surface area contributed by atoms with E-state index < -0.39 is 5.60 Å². The molecule has 1 saturated carbocycles. The quantitative estimate of drug-likeness (QED) is 0.443. The highest BCUT2D eigenvalue weighted by molar-refractivity contribution is 9.10. The molecule has 0 bridgehead atoms. The van der Waals surface area contributed by atoms with Gasteiger partial charge in [-0.1, -0.05) is 34.1 Å². The first kappa shape index (κ1) is 27.0. The summed E-state index contributed by atoms with van der Waals surface area (Å²) < 4.78 is 12.7. The fraction of sp³-hybridized carbons (Fsp3) is 0.533. The largest absolute Gasteiger partial charge is 0.478 e. The van der Waals surface area contributed by atoms with Gasteiger partial charge in [-0.3, -0.25) is 9.59 Å². The minimum atomic E-state index is -0.978. The van der Waals surface area contributed by atoms with Crippen molar-refractivity contribution in [3.63, 3.8) is 0 Å². The second-order valence-corrected chi connectivity index (χ2v) is 12.0. The lowest BCUT2D eigenvalue weighted by Gasteiger charge is -2.37. The predicted octanol–water partition coefficient (Wildman–Crippen LogP) is 4.87. The van der Waals surface area contributed by atoms with Gasteiger partial charge in [0, 0.05) is 55.0 Å². The van der Waals surface area contributed by atoms with Crippen LogP contribution in [0.25, 0.3) is 0 Å². The summed E-state index contributed by atoms with van der Waals surface area (Å²) in [7, 11) is 0. The van der Waals surface area contributed by atoms with Gasteiger partial charge in [0.25, 0.3) is 5.91 Å². The summed E-state index contributed by atoms with van der Waals surface area (Å²) in [5, 5.41) is 0. The highest BCUT2D eigenvalue weighted by atomic mass is 79.9. The molecule has 1 atom stereocenters. The molecule has 2 saturated heterocycles. The second kappa shape index (κ2) is 11.7. The van der Waals surface area contributed by atoms with Crippen LogP contribution in [-0.2, 0) is 20.9 Å². The van der Waals surface area contributed by atoms with Gasteiger partial charge >= 0.3 is 0 Å². The molecule has 0 unspecified atom stereocenters. The lowest BCUT2D eigenvalue weighted by atomic mass is 9.95. The average molecular weight is 585 g/mol. The average Bonchev–Trinajstić information content (AvgIpc) is 3.78. The molecule has 3 aliphatic rings. The third-order valence-electron chi connectivity index (χ3n) is 7.68. The highest BCUT2D eigenvalue weighted by Crippen LogP contribution is 2.33. The first-order chi connectivity index (χ1) is 18.3. The van der Waals surface area contributed by atoms with Crippen LogP contribution in [0.4, 0.5) is 5.69 Å². The molecule has 2 heterocycles. The molecule has 0 N–H and O–H groups in total. The van der Waals surface area contributed by atoms with E-state index in [1.807, 2.05) is 49.1 Å². The van der Waals surface area contributed by atoms with Gasteiger partial charge in [-0.2, -0.15) is 0 Å². The van der Waals surface area contributed by atoms with Crippen LogP contribution in [-0.4, -0.2) is 72.6 Å². The Hall–Kier alpha value is -2.58. The topological polar surface area (TPSA) is 62.3 Å². The van der Waals surface area contributed by atoms with Crippen molar-refractivity contribution >= 4 is 33.4 Å². The third-order valence-corrected chi connectivity index (χ3v) is 8.21. The molecule has 2 aromatic rings. The number of ether oxygens (including phenoxy) is 2. The van der Waals surface area contributed by atoms with Gasteiger partial charge in [0.15, 0.2) is 5.60 Å². The molecular formula is C30H38BrN3O4. The van der Waals surface area contributed by atoms with Crippen LogP contribution in [0, 0.1) is 5.92 Å². The van der Waals surface area contributed by atoms with E-state index in [0.29, 0.717) is 51.2 Å². The Kier molecular flexibility index (Phi) is 8.29. The molecule has 0 spiro atoms. The second-order valence-electron chi connectivity index (χ2n) is 11.1. The Morgan fingerprint density at radius 3 is 2.50 bits per heavy atom. The first-order valence-electron chi connectivity index (χ1n) is 13.8. The summed E-state index contributed by atoms with van der Waals surface area (Å²) >= 11 is 3.50. The van der Waals surface area contributed by atoms with Crippen molar-refractivity contribution < 1.29 is 19.1 Å². The van der Waals surface area contributed by atoms with Crippen molar-refractivity contribution in [2.24, 2.45) is 5.92 Å². The molecule has 0 aromatic heterocycles. The fourth-order valence-electron chi connectivity index (χ4n) is 5.44. The van der Waals surface area contributed by atoms with Gasteiger partial charge < -0.3 is 24.2 Å². The SMILES string of the molecule is CC(C)(Oc1cccc(N2CCC[C@@H](C(=O)N(Cc3ccc(Br)cc3)C3CC3)C2)c1)C(=O)N1CCOCC1. The summed E-state index contributed by atoms with van der Waals surface area (Å²) in [6, 6.07) is 16.6. The van der Waals surface area contributed by atoms with Crippen molar-refractivity contribution in [1.29, 1.82) is 0 Å². The Morgan fingerprint density at radius 1 is 1.05 bits per heavy atom. The van der Waals surface area contributed by atoms with Crippen molar-refractivity contribution in [1.82, 2.24) is 9.80 Å². The fourth-order valence-corrected chi connectivity index (χ4v) is 5.70. The molecule has 8 heteroatoms. The minimum Gasteiger partial charge on any atom is -0.478 e. The lowest BCUT2D eigenvalue weighted by molar-refractivity contribution is -0.149. The molecule has 2 aromatic carbocycles. The number of nitrogens with zero attached hydrogens (tertiary/aromatic N) is 3. The molecular weight excluding hydrogens is 546 g/mol. The molecule has 3 fully saturated rings. The Balaban J connectivity index is 1.24. The summed E-state index contributed by atoms with van der Waals surface area (Å²) in [5.41, 5.74) is 1.22. The number of carbonyl (C=O) groups is 2. The molecule has 38 heavy (non-hydrogen) atoms. The molecule has 0 radical (unpaired) electrons. The van der Waals surface area contributed by atoms with Crippen molar-refractivity contribution in [3.8, 4) is 5.75 Å². The van der Waals surface area contributed by atoms with Crippen LogP contribution in [0.3, 0.4) is 0 Å². The van der Waals surface area contributed by atoms with Crippen LogP contribution >= 0.6 is 15.9 Å². The zero-order valence-corrected chi connectivity index (χ0v) is 24.0. The maximum Gasteiger partial charge on any atom is 0.266 e. The summed E-state index contributed by atoms with van der Waals surface area (Å²) in [5.74, 6) is 0.881. The normalized spacial score (nSPS) is 20.2. The maximum atomic E-state index is 13.7. The molecule has 2 amide bonds. The van der Waals surface area contributed by atoms with Crippen molar-refractivity contribution in [2.75, 3.05) is 44.3 Å². The van der Waals surface area contributed by atoms with Crippen LogP contribution in [0.5, 0.6) is 5.75 Å². The van der Waals surface area contributed by atoms with E-state index in [2.05, 4.69) is 43.9 Å². The number of halogens is 1. The van der Waals surface area contributed by atoms with E-state index in [-0.39, 0.29) is 17.7 Å². The monoisotopic (exact) mass is 583 g/mol. The zero-order valence-electron chi connectivity index (χ0n) is 22.4. The third kappa shape index (κ3) is 6.52. The smallest absolute Gasteiger partial charge is 0.266 e. The van der Waals surface area contributed by atoms with E-state index in [1.54, 1.807) is 0 Å². The lowest BCUT2D eigenvalue weighted by Crippen LogP contribution is -2.52. The first-order valence-corrected chi connectivity index (χ1v) is 14.6. The van der Waals surface area contributed by atoms with Crippen LogP contribution in [0.1, 0.15) is 45.1 Å². The number of amides is 2. The van der Waals surface area contributed by atoms with Crippen LogP contribution in [0.15, 0.2) is 53.0 Å². The number of benzene rings is 2. The van der Waals surface area contributed by atoms with Crippen molar-refractivity contribution in [2.45, 2.75) is 57.7 Å². The Bertz CT molecular complexity index is 1130. The van der Waals surface area contributed by atoms with E-state index in [0.717, 1.165) is 42.4 Å². The maximum absolute atomic E-state index is 13.7. The molecule has 2 aliphatic heterocycles. The minimum absolute atomic E-state index is 0.0243. The van der Waals surface area contributed by atoms with E-state index in [9.17, 15) is 9.59 Å². The predicted molar refractivity (Wildman–Crippen MR) is 151 cm³/mol. The van der Waals surface area contributed by atoms with E-state index in [1.165, 1.54) is 5.56 Å². The number of carbonyl (C=O) groups excluding carboxylic acids is 2. The molecule has 1 aliphatic carbocycles. The van der Waals surface area contributed by atoms with Gasteiger partial charge in [-0.15, -0.1) is 0 Å². The number of anilines is 1. The molecule has 204 valence electrons. The van der Waals surface area contributed by atoms with Gasteiger partial charge in [-0.25, -0.2) is 0 Å². The van der Waals surface area contributed by atoms with Gasteiger partial charge in [0.05, 0.1) is 19.1 Å². The van der Waals surface area contributed by atoms with Crippen LogP contribution in [0.2, 0.25) is 0 Å². The summed E-state index contributed by atoms with van der Waals surface area (Å²) in [6.07, 6.45) is 4.07. The Morgan fingerprint density at radius 2 is 1.79 bits per heavy atom.